The number of aryl methyl sites for hydroxylation is 1. The van der Waals surface area contributed by atoms with E-state index in [9.17, 15) is 18.8 Å². The summed E-state index contributed by atoms with van der Waals surface area (Å²) in [5.74, 6) is -2.01. The average Bonchev–Trinajstić information content (AvgIpc) is 2.68. The molecule has 1 aromatic rings. The predicted octanol–water partition coefficient (Wildman–Crippen LogP) is 5.11. The number of hydrogen-bond donors (Lipinski definition) is 1. The second-order valence-electron chi connectivity index (χ2n) is 11.9. The lowest BCUT2D eigenvalue weighted by Crippen LogP contribution is -2.48. The Morgan fingerprint density at radius 1 is 0.889 bits per heavy atom. The van der Waals surface area contributed by atoms with Gasteiger partial charge in [-0.2, -0.15) is 0 Å². The van der Waals surface area contributed by atoms with E-state index >= 15 is 0 Å². The van der Waals surface area contributed by atoms with Crippen LogP contribution in [0.2, 0.25) is 0 Å². The zero-order chi connectivity index (χ0) is 27.7. The molecule has 0 saturated carbocycles. The Balaban J connectivity index is 3.21. The summed E-state index contributed by atoms with van der Waals surface area (Å²) in [5.41, 5.74) is -0.831. The van der Waals surface area contributed by atoms with Crippen molar-refractivity contribution >= 4 is 18.0 Å². The average molecular weight is 511 g/mol. The van der Waals surface area contributed by atoms with Gasteiger partial charge in [0.1, 0.15) is 22.8 Å². The third kappa shape index (κ3) is 13.4. The van der Waals surface area contributed by atoms with Crippen LogP contribution in [-0.4, -0.2) is 52.5 Å². The van der Waals surface area contributed by atoms with Crippen LogP contribution in [0.3, 0.4) is 0 Å². The molecule has 0 saturated heterocycles. The highest BCUT2D eigenvalue weighted by atomic mass is 19.1. The molecule has 8 nitrogen and oxygen atoms in total. The molecule has 36 heavy (non-hydrogen) atoms. The normalized spacial score (nSPS) is 13.9. The molecule has 0 radical (unpaired) electrons. The molecule has 9 heteroatoms. The number of rotatable bonds is 10. The van der Waals surface area contributed by atoms with Gasteiger partial charge in [0, 0.05) is 18.3 Å². The fraction of sp³-hybridized carbons (Fsp3) is 0.704. The number of alkyl halides is 1. The molecular formula is C27H43FN2O6. The van der Waals surface area contributed by atoms with Crippen molar-refractivity contribution in [3.8, 4) is 0 Å². The first-order valence-electron chi connectivity index (χ1n) is 12.3. The minimum atomic E-state index is -1.15. The van der Waals surface area contributed by atoms with Crippen molar-refractivity contribution in [2.75, 3.05) is 6.67 Å². The van der Waals surface area contributed by atoms with Crippen molar-refractivity contribution in [1.82, 2.24) is 10.3 Å². The van der Waals surface area contributed by atoms with Gasteiger partial charge in [-0.05, 0) is 93.2 Å². The van der Waals surface area contributed by atoms with Crippen LogP contribution in [0.15, 0.2) is 18.3 Å². The summed E-state index contributed by atoms with van der Waals surface area (Å²) in [7, 11) is 0. The summed E-state index contributed by atoms with van der Waals surface area (Å²) in [6.07, 6.45) is 1.94. The van der Waals surface area contributed by atoms with E-state index in [2.05, 4.69) is 10.3 Å². The maximum Gasteiger partial charge on any atom is 0.408 e. The smallest absolute Gasteiger partial charge is 0.408 e. The lowest BCUT2D eigenvalue weighted by Gasteiger charge is -2.29. The molecule has 0 bridgehead atoms. The number of amides is 1. The van der Waals surface area contributed by atoms with Crippen LogP contribution >= 0.6 is 0 Å². The highest BCUT2D eigenvalue weighted by molar-refractivity contribution is 5.83. The van der Waals surface area contributed by atoms with E-state index in [1.165, 1.54) is 0 Å². The van der Waals surface area contributed by atoms with Gasteiger partial charge in [-0.15, -0.1) is 0 Å². The lowest BCUT2D eigenvalue weighted by molar-refractivity contribution is -0.162. The molecule has 1 N–H and O–H groups in total. The van der Waals surface area contributed by atoms with Crippen LogP contribution in [0.25, 0.3) is 0 Å². The van der Waals surface area contributed by atoms with Crippen molar-refractivity contribution < 1.29 is 33.0 Å². The van der Waals surface area contributed by atoms with E-state index in [1.54, 1.807) is 74.6 Å². The first-order valence-corrected chi connectivity index (χ1v) is 12.3. The Labute approximate surface area is 214 Å². The van der Waals surface area contributed by atoms with E-state index in [1.807, 2.05) is 6.07 Å². The quantitative estimate of drug-likeness (QED) is 0.345. The second kappa shape index (κ2) is 13.0. The summed E-state index contributed by atoms with van der Waals surface area (Å²) in [5, 5.41) is 2.56. The van der Waals surface area contributed by atoms with Crippen LogP contribution in [0, 0.1) is 5.92 Å². The van der Waals surface area contributed by atoms with Crippen LogP contribution in [0.5, 0.6) is 0 Å². The number of esters is 2. The van der Waals surface area contributed by atoms with Gasteiger partial charge in [-0.25, -0.2) is 9.59 Å². The molecule has 0 aliphatic rings. The lowest BCUT2D eigenvalue weighted by atomic mass is 9.93. The third-order valence-corrected chi connectivity index (χ3v) is 4.58. The van der Waals surface area contributed by atoms with Crippen molar-refractivity contribution in [3.63, 3.8) is 0 Å². The molecule has 0 aromatic carbocycles. The summed E-state index contributed by atoms with van der Waals surface area (Å²) in [6, 6.07) is 2.46. The first-order chi connectivity index (χ1) is 16.4. The fourth-order valence-corrected chi connectivity index (χ4v) is 3.22. The summed E-state index contributed by atoms with van der Waals surface area (Å²) >= 11 is 0. The third-order valence-electron chi connectivity index (χ3n) is 4.58. The molecular weight excluding hydrogens is 467 g/mol. The summed E-state index contributed by atoms with van der Waals surface area (Å²) < 4.78 is 28.9. The number of ether oxygens (including phenoxy) is 3. The van der Waals surface area contributed by atoms with E-state index in [4.69, 9.17) is 14.2 Å². The Morgan fingerprint density at radius 2 is 1.44 bits per heavy atom. The molecule has 1 rings (SSSR count). The molecule has 1 amide bonds. The number of nitrogens with zero attached hydrogens (tertiary/aromatic N) is 1. The Kier molecular flexibility index (Phi) is 11.3. The number of pyridine rings is 1. The van der Waals surface area contributed by atoms with Gasteiger partial charge in [0.15, 0.2) is 0 Å². The Morgan fingerprint density at radius 3 is 1.92 bits per heavy atom. The zero-order valence-electron chi connectivity index (χ0n) is 23.2. The Hall–Kier alpha value is -2.71. The standard InChI is InChI=1S/C27H43FN2O6/c1-25(2,3)34-22(31)19(15-20-13-12-18(17-29-20)11-10-14-28)16-21(23(32)35-26(4,5)6)30-24(33)36-27(7,8)9/h12-13,17,19,21H,10-11,14-16H2,1-9H3,(H,30,33)/t19?,21-/m0/s1. The monoisotopic (exact) mass is 510 g/mol. The molecule has 0 spiro atoms. The molecule has 204 valence electrons. The summed E-state index contributed by atoms with van der Waals surface area (Å²) in [4.78, 5) is 43.1. The number of alkyl carbamates (subject to hydrolysis) is 1. The predicted molar refractivity (Wildman–Crippen MR) is 135 cm³/mol. The molecule has 1 aromatic heterocycles. The van der Waals surface area contributed by atoms with E-state index in [-0.39, 0.29) is 12.8 Å². The number of halogens is 1. The molecule has 0 fully saturated rings. The molecule has 1 heterocycles. The van der Waals surface area contributed by atoms with Crippen molar-refractivity contribution in [1.29, 1.82) is 0 Å². The van der Waals surface area contributed by atoms with Gasteiger partial charge in [-0.1, -0.05) is 6.07 Å². The van der Waals surface area contributed by atoms with Gasteiger partial charge in [0.25, 0.3) is 0 Å². The zero-order valence-corrected chi connectivity index (χ0v) is 23.2. The van der Waals surface area contributed by atoms with Gasteiger partial charge in [0.05, 0.1) is 12.6 Å². The van der Waals surface area contributed by atoms with Gasteiger partial charge in [-0.3, -0.25) is 14.2 Å². The number of carbonyl (C=O) groups is 3. The minimum absolute atomic E-state index is 0.0750. The van der Waals surface area contributed by atoms with Gasteiger partial charge < -0.3 is 19.5 Å². The van der Waals surface area contributed by atoms with Crippen LogP contribution < -0.4 is 5.32 Å². The van der Waals surface area contributed by atoms with Crippen LogP contribution in [0.1, 0.15) is 86.4 Å². The number of nitrogens with one attached hydrogen (secondary N) is 1. The van der Waals surface area contributed by atoms with E-state index < -0.39 is 53.5 Å². The van der Waals surface area contributed by atoms with E-state index in [0.29, 0.717) is 18.5 Å². The highest BCUT2D eigenvalue weighted by Crippen LogP contribution is 2.22. The number of carbonyl (C=O) groups excluding carboxylic acids is 3. The van der Waals surface area contributed by atoms with Crippen molar-refractivity contribution in [2.24, 2.45) is 5.92 Å². The fourth-order valence-electron chi connectivity index (χ4n) is 3.22. The number of aromatic nitrogens is 1. The second-order valence-corrected chi connectivity index (χ2v) is 11.9. The van der Waals surface area contributed by atoms with Gasteiger partial charge in [0.2, 0.25) is 0 Å². The molecule has 1 unspecified atom stereocenters. The number of hydrogen-bond acceptors (Lipinski definition) is 7. The van der Waals surface area contributed by atoms with Crippen LogP contribution in [0.4, 0.5) is 9.18 Å². The molecule has 2 atom stereocenters. The van der Waals surface area contributed by atoms with Crippen molar-refractivity contribution in [2.45, 2.75) is 111 Å². The first kappa shape index (κ1) is 31.3. The SMILES string of the molecule is CC(C)(C)OC(=O)N[C@@H](CC(Cc1ccc(CCCF)cn1)C(=O)OC(C)(C)C)C(=O)OC(C)(C)C. The molecule has 0 aliphatic carbocycles. The van der Waals surface area contributed by atoms with Gasteiger partial charge >= 0.3 is 18.0 Å². The Bertz CT molecular complexity index is 866. The van der Waals surface area contributed by atoms with Crippen LogP contribution in [-0.2, 0) is 36.6 Å². The maximum atomic E-state index is 13.1. The minimum Gasteiger partial charge on any atom is -0.460 e. The maximum absolute atomic E-state index is 13.1. The summed E-state index contributed by atoms with van der Waals surface area (Å²) in [6.45, 7) is 15.1. The highest BCUT2D eigenvalue weighted by Gasteiger charge is 2.35. The topological polar surface area (TPSA) is 104 Å². The molecule has 0 aliphatic heterocycles. The van der Waals surface area contributed by atoms with E-state index in [0.717, 1.165) is 5.56 Å². The largest absolute Gasteiger partial charge is 0.460 e. The van der Waals surface area contributed by atoms with Crippen molar-refractivity contribution in [3.05, 3.63) is 29.6 Å².